The molecule has 0 spiro atoms. The quantitative estimate of drug-likeness (QED) is 0.846. The van der Waals surface area contributed by atoms with Crippen molar-refractivity contribution in [3.63, 3.8) is 0 Å². The summed E-state index contributed by atoms with van der Waals surface area (Å²) in [7, 11) is 0. The SMILES string of the molecule is CCC(C)(CCO)NC(=O)c1ccc(N2CCC(C)CC2)nc1. The number of aromatic nitrogens is 1. The highest BCUT2D eigenvalue weighted by atomic mass is 16.3. The predicted molar refractivity (Wildman–Crippen MR) is 92.7 cm³/mol. The number of aliphatic hydroxyl groups is 1. The standard InChI is InChI=1S/C18H29N3O2/c1-4-18(3,9-12-22)20-17(23)15-5-6-16(19-13-15)21-10-7-14(2)8-11-21/h5-6,13-14,22H,4,7-12H2,1-3H3,(H,20,23). The zero-order valence-electron chi connectivity index (χ0n) is 14.5. The number of carbonyl (C=O) groups excluding carboxylic acids is 1. The maximum absolute atomic E-state index is 12.4. The molecule has 0 aromatic carbocycles. The summed E-state index contributed by atoms with van der Waals surface area (Å²) in [5, 5.41) is 12.2. The Labute approximate surface area is 139 Å². The molecule has 1 unspecified atom stereocenters. The van der Waals surface area contributed by atoms with Crippen molar-refractivity contribution < 1.29 is 9.90 Å². The monoisotopic (exact) mass is 319 g/mol. The molecule has 128 valence electrons. The van der Waals surface area contributed by atoms with E-state index in [1.54, 1.807) is 6.20 Å². The smallest absolute Gasteiger partial charge is 0.253 e. The Morgan fingerprint density at radius 3 is 2.65 bits per heavy atom. The lowest BCUT2D eigenvalue weighted by atomic mass is 9.94. The van der Waals surface area contributed by atoms with Crippen molar-refractivity contribution in [3.8, 4) is 0 Å². The molecule has 0 bridgehead atoms. The molecule has 0 radical (unpaired) electrons. The van der Waals surface area contributed by atoms with E-state index in [1.165, 1.54) is 12.8 Å². The summed E-state index contributed by atoms with van der Waals surface area (Å²) in [6.45, 7) is 8.38. The third-order valence-corrected chi connectivity index (χ3v) is 4.98. The van der Waals surface area contributed by atoms with Crippen LogP contribution < -0.4 is 10.2 Å². The second-order valence-corrected chi connectivity index (χ2v) is 6.92. The Bertz CT molecular complexity index is 510. The number of anilines is 1. The molecule has 1 aliphatic rings. The van der Waals surface area contributed by atoms with Crippen LogP contribution in [0.3, 0.4) is 0 Å². The molecule has 0 saturated carbocycles. The van der Waals surface area contributed by atoms with Gasteiger partial charge in [-0.2, -0.15) is 0 Å². The average molecular weight is 319 g/mol. The molecule has 1 saturated heterocycles. The number of pyridine rings is 1. The highest BCUT2D eigenvalue weighted by Crippen LogP contribution is 2.21. The second kappa shape index (κ2) is 7.77. The molecule has 23 heavy (non-hydrogen) atoms. The van der Waals surface area contributed by atoms with Crippen LogP contribution in [-0.2, 0) is 0 Å². The van der Waals surface area contributed by atoms with Crippen LogP contribution in [-0.4, -0.2) is 41.2 Å². The molecule has 1 aromatic rings. The molecule has 5 heteroatoms. The topological polar surface area (TPSA) is 65.5 Å². The molecular formula is C18H29N3O2. The van der Waals surface area contributed by atoms with Crippen molar-refractivity contribution in [3.05, 3.63) is 23.9 Å². The van der Waals surface area contributed by atoms with E-state index in [-0.39, 0.29) is 18.1 Å². The van der Waals surface area contributed by atoms with Crippen molar-refractivity contribution >= 4 is 11.7 Å². The summed E-state index contributed by atoms with van der Waals surface area (Å²) in [5.41, 5.74) is 0.185. The summed E-state index contributed by atoms with van der Waals surface area (Å²) < 4.78 is 0. The molecule has 5 nitrogen and oxygen atoms in total. The fourth-order valence-electron chi connectivity index (χ4n) is 2.87. The Morgan fingerprint density at radius 2 is 2.13 bits per heavy atom. The first-order valence-electron chi connectivity index (χ1n) is 8.62. The van der Waals surface area contributed by atoms with Gasteiger partial charge in [0, 0.05) is 31.4 Å². The largest absolute Gasteiger partial charge is 0.396 e. The van der Waals surface area contributed by atoms with Gasteiger partial charge in [-0.15, -0.1) is 0 Å². The molecule has 1 amide bonds. The fourth-order valence-corrected chi connectivity index (χ4v) is 2.87. The third kappa shape index (κ3) is 4.67. The summed E-state index contributed by atoms with van der Waals surface area (Å²) in [6.07, 6.45) is 5.36. The number of amides is 1. The van der Waals surface area contributed by atoms with E-state index in [2.05, 4.69) is 22.1 Å². The Hall–Kier alpha value is -1.62. The molecule has 2 rings (SSSR count). The highest BCUT2D eigenvalue weighted by molar-refractivity contribution is 5.94. The first-order valence-corrected chi connectivity index (χ1v) is 8.62. The maximum Gasteiger partial charge on any atom is 0.253 e. The second-order valence-electron chi connectivity index (χ2n) is 6.92. The summed E-state index contributed by atoms with van der Waals surface area (Å²) in [5.74, 6) is 1.60. The van der Waals surface area contributed by atoms with Gasteiger partial charge in [0.15, 0.2) is 0 Å². The fraction of sp³-hybridized carbons (Fsp3) is 0.667. The summed E-state index contributed by atoms with van der Waals surface area (Å²) in [6, 6.07) is 3.77. The van der Waals surface area contributed by atoms with E-state index in [1.807, 2.05) is 26.0 Å². The number of hydrogen-bond donors (Lipinski definition) is 2. The first kappa shape index (κ1) is 17.7. The van der Waals surface area contributed by atoms with Gasteiger partial charge in [0.2, 0.25) is 0 Å². The zero-order valence-corrected chi connectivity index (χ0v) is 14.5. The lowest BCUT2D eigenvalue weighted by molar-refractivity contribution is 0.0886. The van der Waals surface area contributed by atoms with E-state index in [9.17, 15) is 4.79 Å². The Kier molecular flexibility index (Phi) is 5.99. The molecule has 1 atom stereocenters. The molecule has 1 fully saturated rings. The number of carbonyl (C=O) groups is 1. The average Bonchev–Trinajstić information content (AvgIpc) is 2.56. The van der Waals surface area contributed by atoms with Gasteiger partial charge in [0.1, 0.15) is 5.82 Å². The number of hydrogen-bond acceptors (Lipinski definition) is 4. The van der Waals surface area contributed by atoms with Gasteiger partial charge in [-0.3, -0.25) is 4.79 Å². The Morgan fingerprint density at radius 1 is 1.43 bits per heavy atom. The van der Waals surface area contributed by atoms with Gasteiger partial charge < -0.3 is 15.3 Å². The molecular weight excluding hydrogens is 290 g/mol. The minimum atomic E-state index is -0.381. The van der Waals surface area contributed by atoms with E-state index in [0.717, 1.165) is 31.2 Å². The van der Waals surface area contributed by atoms with Crippen molar-refractivity contribution in [2.24, 2.45) is 5.92 Å². The normalized spacial score (nSPS) is 18.5. The number of aliphatic hydroxyl groups excluding tert-OH is 1. The third-order valence-electron chi connectivity index (χ3n) is 4.98. The molecule has 1 aromatic heterocycles. The number of nitrogens with zero attached hydrogens (tertiary/aromatic N) is 2. The lowest BCUT2D eigenvalue weighted by Crippen LogP contribution is -2.46. The molecule has 2 heterocycles. The maximum atomic E-state index is 12.4. The van der Waals surface area contributed by atoms with E-state index < -0.39 is 0 Å². The van der Waals surface area contributed by atoms with Crippen LogP contribution in [0.1, 0.15) is 56.8 Å². The molecule has 1 aliphatic heterocycles. The molecule has 2 N–H and O–H groups in total. The summed E-state index contributed by atoms with van der Waals surface area (Å²) in [4.78, 5) is 19.1. The number of piperidine rings is 1. The van der Waals surface area contributed by atoms with Crippen LogP contribution in [0.5, 0.6) is 0 Å². The minimum Gasteiger partial charge on any atom is -0.396 e. The van der Waals surface area contributed by atoms with Gasteiger partial charge >= 0.3 is 0 Å². The van der Waals surface area contributed by atoms with Crippen molar-refractivity contribution in [2.75, 3.05) is 24.6 Å². The van der Waals surface area contributed by atoms with Crippen LogP contribution in [0, 0.1) is 5.92 Å². The van der Waals surface area contributed by atoms with E-state index in [4.69, 9.17) is 5.11 Å². The summed E-state index contributed by atoms with van der Waals surface area (Å²) >= 11 is 0. The number of rotatable bonds is 6. The van der Waals surface area contributed by atoms with Gasteiger partial charge in [-0.1, -0.05) is 13.8 Å². The van der Waals surface area contributed by atoms with Crippen LogP contribution in [0.15, 0.2) is 18.3 Å². The first-order chi connectivity index (χ1) is 11.0. The Balaban J connectivity index is 2.00. The zero-order chi connectivity index (χ0) is 16.9. The van der Waals surface area contributed by atoms with Gasteiger partial charge in [0.25, 0.3) is 5.91 Å². The van der Waals surface area contributed by atoms with Gasteiger partial charge in [-0.05, 0) is 50.7 Å². The van der Waals surface area contributed by atoms with Gasteiger partial charge in [0.05, 0.1) is 5.56 Å². The van der Waals surface area contributed by atoms with Gasteiger partial charge in [-0.25, -0.2) is 4.98 Å². The molecule has 0 aliphatic carbocycles. The van der Waals surface area contributed by atoms with E-state index >= 15 is 0 Å². The predicted octanol–water partition coefficient (Wildman–Crippen LogP) is 2.60. The van der Waals surface area contributed by atoms with Crippen LogP contribution in [0.2, 0.25) is 0 Å². The van der Waals surface area contributed by atoms with E-state index in [0.29, 0.717) is 12.0 Å². The van der Waals surface area contributed by atoms with Crippen LogP contribution >= 0.6 is 0 Å². The highest BCUT2D eigenvalue weighted by Gasteiger charge is 2.24. The minimum absolute atomic E-state index is 0.0647. The van der Waals surface area contributed by atoms with Crippen molar-refractivity contribution in [2.45, 2.75) is 52.0 Å². The van der Waals surface area contributed by atoms with Crippen LogP contribution in [0.25, 0.3) is 0 Å². The lowest BCUT2D eigenvalue weighted by Gasteiger charge is -2.31. The van der Waals surface area contributed by atoms with Crippen molar-refractivity contribution in [1.29, 1.82) is 0 Å². The number of nitrogens with one attached hydrogen (secondary N) is 1. The van der Waals surface area contributed by atoms with Crippen molar-refractivity contribution in [1.82, 2.24) is 10.3 Å². The van der Waals surface area contributed by atoms with Crippen LogP contribution in [0.4, 0.5) is 5.82 Å².